The minimum Gasteiger partial charge on any atom is -0.484 e. The van der Waals surface area contributed by atoms with Crippen LogP contribution in [0.25, 0.3) is 0 Å². The van der Waals surface area contributed by atoms with Crippen LogP contribution in [0, 0.1) is 0 Å². The molecule has 1 amide bonds. The van der Waals surface area contributed by atoms with Crippen molar-refractivity contribution in [2.75, 3.05) is 11.9 Å². The molecule has 1 N–H and O–H groups in total. The van der Waals surface area contributed by atoms with Gasteiger partial charge in [0.05, 0.1) is 0 Å². The molecule has 22 heavy (non-hydrogen) atoms. The van der Waals surface area contributed by atoms with Gasteiger partial charge in [0.2, 0.25) is 0 Å². The van der Waals surface area contributed by atoms with Gasteiger partial charge in [0, 0.05) is 10.2 Å². The molecule has 3 nitrogen and oxygen atoms in total. The number of rotatable bonds is 4. The fraction of sp³-hybridized carbons (Fsp3) is 0.278. The van der Waals surface area contributed by atoms with Gasteiger partial charge in [0.1, 0.15) is 5.75 Å². The number of carbonyl (C=O) groups is 1. The summed E-state index contributed by atoms with van der Waals surface area (Å²) in [5.74, 6) is 0.510. The Morgan fingerprint density at radius 3 is 2.41 bits per heavy atom. The van der Waals surface area contributed by atoms with Gasteiger partial charge in [-0.3, -0.25) is 4.79 Å². The van der Waals surface area contributed by atoms with Gasteiger partial charge in [-0.15, -0.1) is 0 Å². The predicted octanol–water partition coefficient (Wildman–Crippen LogP) is 4.76. The van der Waals surface area contributed by atoms with Crippen molar-refractivity contribution in [3.05, 3.63) is 58.6 Å². The Hall–Kier alpha value is -1.81. The van der Waals surface area contributed by atoms with Crippen LogP contribution in [0.15, 0.2) is 53.0 Å². The molecule has 4 heteroatoms. The Morgan fingerprint density at radius 1 is 1.14 bits per heavy atom. The van der Waals surface area contributed by atoms with Crippen LogP contribution < -0.4 is 10.1 Å². The maximum Gasteiger partial charge on any atom is 0.262 e. The highest BCUT2D eigenvalue weighted by Crippen LogP contribution is 2.24. The van der Waals surface area contributed by atoms with E-state index < -0.39 is 0 Å². The van der Waals surface area contributed by atoms with Crippen LogP contribution in [0.3, 0.4) is 0 Å². The summed E-state index contributed by atoms with van der Waals surface area (Å²) in [6, 6.07) is 15.3. The van der Waals surface area contributed by atoms with Gasteiger partial charge in [0.25, 0.3) is 5.91 Å². The molecular formula is C18H20BrNO2. The van der Waals surface area contributed by atoms with Crippen molar-refractivity contribution < 1.29 is 9.53 Å². The molecule has 0 unspecified atom stereocenters. The van der Waals surface area contributed by atoms with Crippen molar-refractivity contribution in [1.29, 1.82) is 0 Å². The van der Waals surface area contributed by atoms with Crippen LogP contribution in [-0.2, 0) is 10.2 Å². The lowest BCUT2D eigenvalue weighted by Crippen LogP contribution is -2.20. The molecule has 0 bridgehead atoms. The highest BCUT2D eigenvalue weighted by atomic mass is 79.9. The summed E-state index contributed by atoms with van der Waals surface area (Å²) in [5, 5.41) is 2.79. The van der Waals surface area contributed by atoms with E-state index in [1.54, 1.807) is 0 Å². The van der Waals surface area contributed by atoms with Crippen LogP contribution in [0.4, 0.5) is 5.69 Å². The third-order valence-corrected chi connectivity index (χ3v) is 3.69. The van der Waals surface area contributed by atoms with Gasteiger partial charge in [0.15, 0.2) is 6.61 Å². The first-order chi connectivity index (χ1) is 10.3. The van der Waals surface area contributed by atoms with E-state index >= 15 is 0 Å². The molecule has 0 atom stereocenters. The number of anilines is 1. The fourth-order valence-corrected chi connectivity index (χ4v) is 2.36. The number of amides is 1. The van der Waals surface area contributed by atoms with E-state index in [0.717, 1.165) is 10.2 Å². The average Bonchev–Trinajstić information content (AvgIpc) is 2.45. The Kier molecular flexibility index (Phi) is 5.24. The van der Waals surface area contributed by atoms with Gasteiger partial charge < -0.3 is 10.1 Å². The van der Waals surface area contributed by atoms with E-state index in [1.807, 2.05) is 48.5 Å². The zero-order valence-electron chi connectivity index (χ0n) is 13.0. The van der Waals surface area contributed by atoms with Crippen molar-refractivity contribution >= 4 is 27.5 Å². The summed E-state index contributed by atoms with van der Waals surface area (Å²) in [7, 11) is 0. The maximum atomic E-state index is 11.9. The number of carbonyl (C=O) groups excluding carboxylic acids is 1. The Bertz CT molecular complexity index is 645. The lowest BCUT2D eigenvalue weighted by atomic mass is 9.87. The number of ether oxygens (including phenoxy) is 1. The molecule has 2 rings (SSSR count). The molecule has 0 aliphatic rings. The normalized spacial score (nSPS) is 11.1. The van der Waals surface area contributed by atoms with E-state index in [4.69, 9.17) is 4.74 Å². The van der Waals surface area contributed by atoms with Crippen molar-refractivity contribution in [3.8, 4) is 5.75 Å². The molecule has 0 aliphatic carbocycles. The molecule has 0 aliphatic heterocycles. The van der Waals surface area contributed by atoms with E-state index in [0.29, 0.717) is 5.75 Å². The molecule has 0 radical (unpaired) electrons. The molecule has 0 fully saturated rings. The standard InChI is InChI=1S/C18H20BrNO2/c1-18(2,3)13-7-9-16(10-8-13)22-12-17(21)20-15-6-4-5-14(19)11-15/h4-11H,12H2,1-3H3,(H,20,21). The molecule has 0 spiro atoms. The summed E-state index contributed by atoms with van der Waals surface area (Å²) < 4.78 is 6.43. The van der Waals surface area contributed by atoms with Crippen LogP contribution in [0.2, 0.25) is 0 Å². The Balaban J connectivity index is 1.88. The second-order valence-corrected chi connectivity index (χ2v) is 7.04. The van der Waals surface area contributed by atoms with Crippen molar-refractivity contribution in [1.82, 2.24) is 0 Å². The second-order valence-electron chi connectivity index (χ2n) is 6.12. The average molecular weight is 362 g/mol. The lowest BCUT2D eigenvalue weighted by molar-refractivity contribution is -0.118. The first-order valence-electron chi connectivity index (χ1n) is 7.13. The molecule has 0 saturated carbocycles. The predicted molar refractivity (Wildman–Crippen MR) is 93.4 cm³/mol. The molecule has 0 heterocycles. The van der Waals surface area contributed by atoms with Crippen molar-refractivity contribution in [3.63, 3.8) is 0 Å². The van der Waals surface area contributed by atoms with Crippen LogP contribution in [-0.4, -0.2) is 12.5 Å². The Morgan fingerprint density at radius 2 is 1.82 bits per heavy atom. The minimum atomic E-state index is -0.182. The highest BCUT2D eigenvalue weighted by molar-refractivity contribution is 9.10. The summed E-state index contributed by atoms with van der Waals surface area (Å²) in [6.45, 7) is 6.47. The summed E-state index contributed by atoms with van der Waals surface area (Å²) in [5.41, 5.74) is 2.08. The minimum absolute atomic E-state index is 0.0125. The van der Waals surface area contributed by atoms with Crippen molar-refractivity contribution in [2.45, 2.75) is 26.2 Å². The summed E-state index contributed by atoms with van der Waals surface area (Å²) >= 11 is 3.37. The van der Waals surface area contributed by atoms with Gasteiger partial charge in [-0.05, 0) is 41.3 Å². The molecule has 0 saturated heterocycles. The van der Waals surface area contributed by atoms with E-state index in [2.05, 4.69) is 42.0 Å². The molecule has 2 aromatic rings. The van der Waals surface area contributed by atoms with Crippen molar-refractivity contribution in [2.24, 2.45) is 0 Å². The number of nitrogens with one attached hydrogen (secondary N) is 1. The highest BCUT2D eigenvalue weighted by Gasteiger charge is 2.13. The SMILES string of the molecule is CC(C)(C)c1ccc(OCC(=O)Nc2cccc(Br)c2)cc1. The van der Waals surface area contributed by atoms with E-state index in [9.17, 15) is 4.79 Å². The quantitative estimate of drug-likeness (QED) is 0.851. The molecular weight excluding hydrogens is 342 g/mol. The second kappa shape index (κ2) is 6.97. The largest absolute Gasteiger partial charge is 0.484 e. The first-order valence-corrected chi connectivity index (χ1v) is 7.93. The fourth-order valence-electron chi connectivity index (χ4n) is 1.96. The number of halogens is 1. The number of hydrogen-bond donors (Lipinski definition) is 1. The maximum absolute atomic E-state index is 11.9. The summed E-state index contributed by atoms with van der Waals surface area (Å²) in [4.78, 5) is 11.9. The monoisotopic (exact) mass is 361 g/mol. The zero-order chi connectivity index (χ0) is 16.2. The van der Waals surface area contributed by atoms with Gasteiger partial charge in [-0.1, -0.05) is 54.9 Å². The molecule has 116 valence electrons. The smallest absolute Gasteiger partial charge is 0.262 e. The zero-order valence-corrected chi connectivity index (χ0v) is 14.6. The van der Waals surface area contributed by atoms with Gasteiger partial charge in [-0.25, -0.2) is 0 Å². The third-order valence-electron chi connectivity index (χ3n) is 3.20. The number of benzene rings is 2. The van der Waals surface area contributed by atoms with Crippen LogP contribution >= 0.6 is 15.9 Å². The van der Waals surface area contributed by atoms with Crippen LogP contribution in [0.5, 0.6) is 5.75 Å². The van der Waals surface area contributed by atoms with Gasteiger partial charge in [-0.2, -0.15) is 0 Å². The van der Waals surface area contributed by atoms with Crippen LogP contribution in [0.1, 0.15) is 26.3 Å². The number of hydrogen-bond acceptors (Lipinski definition) is 2. The topological polar surface area (TPSA) is 38.3 Å². The molecule has 0 aromatic heterocycles. The van der Waals surface area contributed by atoms with E-state index in [1.165, 1.54) is 5.56 Å². The Labute approximate surface area is 139 Å². The summed E-state index contributed by atoms with van der Waals surface area (Å²) in [6.07, 6.45) is 0. The third kappa shape index (κ3) is 4.88. The molecule has 2 aromatic carbocycles. The first kappa shape index (κ1) is 16.6. The van der Waals surface area contributed by atoms with Gasteiger partial charge >= 0.3 is 0 Å². The lowest BCUT2D eigenvalue weighted by Gasteiger charge is -2.19. The van der Waals surface area contributed by atoms with E-state index in [-0.39, 0.29) is 17.9 Å².